The van der Waals surface area contributed by atoms with Crippen LogP contribution in [0.3, 0.4) is 0 Å². The molecule has 1 saturated heterocycles. The number of phenolic OH excluding ortho intramolecular Hbond substituents is 3. The summed E-state index contributed by atoms with van der Waals surface area (Å²) in [5.74, 6) is -0.347. The number of hydrogen-bond acceptors (Lipinski definition) is 10. The summed E-state index contributed by atoms with van der Waals surface area (Å²) in [6.45, 7) is -0.594. The topological polar surface area (TPSA) is 180 Å². The normalized spacial score (nSPS) is 26.4. The molecule has 2 aromatic rings. The highest BCUT2D eigenvalue weighted by Crippen LogP contribution is 2.28. The average molecular weight is 495 g/mol. The van der Waals surface area contributed by atoms with Crippen LogP contribution in [0, 0.1) is 0 Å². The summed E-state index contributed by atoms with van der Waals surface area (Å²) in [5.41, 5.74) is 1.67. The molecule has 1 fully saturated rings. The van der Waals surface area contributed by atoms with Crippen molar-refractivity contribution in [1.29, 1.82) is 0 Å². The third-order valence-electron chi connectivity index (χ3n) is 6.25. The summed E-state index contributed by atoms with van der Waals surface area (Å²) >= 11 is 0. The lowest BCUT2D eigenvalue weighted by Gasteiger charge is -2.41. The van der Waals surface area contributed by atoms with Crippen molar-refractivity contribution in [2.45, 2.75) is 75.0 Å². The molecule has 1 aliphatic heterocycles. The van der Waals surface area contributed by atoms with Crippen LogP contribution in [-0.2, 0) is 22.3 Å². The second-order valence-corrected chi connectivity index (χ2v) is 8.86. The van der Waals surface area contributed by atoms with Crippen LogP contribution in [0.1, 0.15) is 30.4 Å². The van der Waals surface area contributed by atoms with Crippen molar-refractivity contribution in [3.05, 3.63) is 53.6 Å². The van der Waals surface area contributed by atoms with E-state index in [9.17, 15) is 40.9 Å². The van der Waals surface area contributed by atoms with Crippen molar-refractivity contribution in [2.75, 3.05) is 6.61 Å². The molecular formula is C25H34O10. The summed E-state index contributed by atoms with van der Waals surface area (Å²) in [4.78, 5) is 0. The highest BCUT2D eigenvalue weighted by atomic mass is 16.7. The Morgan fingerprint density at radius 1 is 0.800 bits per heavy atom. The second-order valence-electron chi connectivity index (χ2n) is 8.86. The molecule has 10 nitrogen and oxygen atoms in total. The molecule has 0 radical (unpaired) electrons. The van der Waals surface area contributed by atoms with Gasteiger partial charge in [0, 0.05) is 0 Å². The number of aromatic hydroxyl groups is 3. The molecule has 2 aromatic carbocycles. The van der Waals surface area contributed by atoms with Crippen LogP contribution >= 0.6 is 0 Å². The monoisotopic (exact) mass is 494 g/mol. The molecule has 1 heterocycles. The van der Waals surface area contributed by atoms with Gasteiger partial charge in [-0.2, -0.15) is 0 Å². The Labute approximate surface area is 203 Å². The first-order valence-electron chi connectivity index (χ1n) is 11.6. The lowest BCUT2D eigenvalue weighted by molar-refractivity contribution is -0.317. The smallest absolute Gasteiger partial charge is 0.187 e. The van der Waals surface area contributed by atoms with Crippen LogP contribution in [-0.4, -0.2) is 90.4 Å². The molecule has 0 amide bonds. The lowest BCUT2D eigenvalue weighted by atomic mass is 9.97. The predicted octanol–water partition coefficient (Wildman–Crippen LogP) is 0.305. The first-order valence-corrected chi connectivity index (χ1v) is 11.6. The van der Waals surface area contributed by atoms with Crippen LogP contribution in [0.15, 0.2) is 42.5 Å². The van der Waals surface area contributed by atoms with E-state index >= 15 is 0 Å². The van der Waals surface area contributed by atoms with Gasteiger partial charge in [-0.3, -0.25) is 0 Å². The minimum absolute atomic E-state index is 0.160. The Morgan fingerprint density at radius 3 is 2.14 bits per heavy atom. The van der Waals surface area contributed by atoms with Gasteiger partial charge < -0.3 is 50.3 Å². The number of aliphatic hydroxyl groups is 5. The molecule has 0 aliphatic carbocycles. The Bertz CT molecular complexity index is 919. The quantitative estimate of drug-likeness (QED) is 0.203. The zero-order chi connectivity index (χ0) is 25.5. The summed E-state index contributed by atoms with van der Waals surface area (Å²) in [5, 5.41) is 79.4. The van der Waals surface area contributed by atoms with Crippen molar-refractivity contribution in [3.8, 4) is 17.2 Å². The maximum Gasteiger partial charge on any atom is 0.187 e. The Balaban J connectivity index is 1.67. The molecule has 8 N–H and O–H groups in total. The van der Waals surface area contributed by atoms with Crippen molar-refractivity contribution < 1.29 is 50.3 Å². The lowest BCUT2D eigenvalue weighted by Crippen LogP contribution is -2.60. The van der Waals surface area contributed by atoms with Crippen molar-refractivity contribution in [3.63, 3.8) is 0 Å². The van der Waals surface area contributed by atoms with Crippen molar-refractivity contribution in [2.24, 2.45) is 0 Å². The number of hydrogen-bond donors (Lipinski definition) is 8. The maximum atomic E-state index is 10.9. The van der Waals surface area contributed by atoms with Crippen LogP contribution in [0.2, 0.25) is 0 Å². The minimum Gasteiger partial charge on any atom is -0.508 e. The van der Waals surface area contributed by atoms with Gasteiger partial charge in [0.25, 0.3) is 0 Å². The SMILES string of the molecule is OC[C@H]1O[C@@H](OC(CCCc2ccc(O)cc2)C(O)CCc2ccc(O)c(O)c2)[C@H](O)[C@@H](O)[C@@H]1O. The van der Waals surface area contributed by atoms with Crippen LogP contribution in [0.4, 0.5) is 0 Å². The molecule has 0 saturated carbocycles. The third-order valence-corrected chi connectivity index (χ3v) is 6.25. The fourth-order valence-corrected chi connectivity index (χ4v) is 4.10. The number of aliphatic hydroxyl groups excluding tert-OH is 5. The second kappa shape index (κ2) is 12.5. The molecule has 194 valence electrons. The zero-order valence-corrected chi connectivity index (χ0v) is 19.2. The summed E-state index contributed by atoms with van der Waals surface area (Å²) in [6.07, 6.45) is -6.88. The van der Waals surface area contributed by atoms with Gasteiger partial charge in [-0.25, -0.2) is 0 Å². The van der Waals surface area contributed by atoms with E-state index in [4.69, 9.17) is 9.47 Å². The third kappa shape index (κ3) is 7.28. The van der Waals surface area contributed by atoms with Crippen molar-refractivity contribution in [1.82, 2.24) is 0 Å². The van der Waals surface area contributed by atoms with E-state index < -0.39 is 49.5 Å². The molecule has 0 spiro atoms. The molecule has 7 atom stereocenters. The first-order chi connectivity index (χ1) is 16.7. The van der Waals surface area contributed by atoms with Crippen LogP contribution in [0.25, 0.3) is 0 Å². The Hall–Kier alpha value is -2.44. The molecule has 2 unspecified atom stereocenters. The summed E-state index contributed by atoms with van der Waals surface area (Å²) < 4.78 is 11.3. The van der Waals surface area contributed by atoms with Crippen LogP contribution in [0.5, 0.6) is 17.2 Å². The van der Waals surface area contributed by atoms with E-state index in [-0.39, 0.29) is 23.7 Å². The van der Waals surface area contributed by atoms with E-state index in [0.717, 1.165) is 5.56 Å². The maximum absolute atomic E-state index is 10.9. The summed E-state index contributed by atoms with van der Waals surface area (Å²) in [6, 6.07) is 11.1. The molecule has 0 bridgehead atoms. The van der Waals surface area contributed by atoms with Crippen molar-refractivity contribution >= 4 is 0 Å². The fraction of sp³-hybridized carbons (Fsp3) is 0.520. The first kappa shape index (κ1) is 27.2. The van der Waals surface area contributed by atoms with E-state index in [0.29, 0.717) is 31.2 Å². The van der Waals surface area contributed by atoms with Gasteiger partial charge in [-0.1, -0.05) is 18.2 Å². The molecule has 10 heteroatoms. The molecule has 35 heavy (non-hydrogen) atoms. The largest absolute Gasteiger partial charge is 0.508 e. The molecule has 1 aliphatic rings. The number of ether oxygens (including phenoxy) is 2. The fourth-order valence-electron chi connectivity index (χ4n) is 4.10. The Morgan fingerprint density at radius 2 is 1.49 bits per heavy atom. The van der Waals surface area contributed by atoms with Gasteiger partial charge in [0.1, 0.15) is 30.2 Å². The summed E-state index contributed by atoms with van der Waals surface area (Å²) in [7, 11) is 0. The highest BCUT2D eigenvalue weighted by Gasteiger charge is 2.45. The van der Waals surface area contributed by atoms with Gasteiger partial charge in [0.15, 0.2) is 17.8 Å². The van der Waals surface area contributed by atoms with Crippen LogP contribution < -0.4 is 0 Å². The van der Waals surface area contributed by atoms with E-state index in [2.05, 4.69) is 0 Å². The number of aryl methyl sites for hydroxylation is 2. The van der Waals surface area contributed by atoms with Gasteiger partial charge in [0.2, 0.25) is 0 Å². The molecular weight excluding hydrogens is 460 g/mol. The predicted molar refractivity (Wildman–Crippen MR) is 124 cm³/mol. The molecule has 3 rings (SSSR count). The Kier molecular flexibility index (Phi) is 9.70. The number of rotatable bonds is 11. The molecule has 0 aromatic heterocycles. The average Bonchev–Trinajstić information content (AvgIpc) is 2.85. The number of benzene rings is 2. The number of phenols is 3. The van der Waals surface area contributed by atoms with E-state index in [1.54, 1.807) is 30.3 Å². The highest BCUT2D eigenvalue weighted by molar-refractivity contribution is 5.40. The van der Waals surface area contributed by atoms with Gasteiger partial charge in [-0.15, -0.1) is 0 Å². The van der Waals surface area contributed by atoms with Gasteiger partial charge in [0.05, 0.1) is 18.8 Å². The zero-order valence-electron chi connectivity index (χ0n) is 19.2. The minimum atomic E-state index is -1.60. The van der Waals surface area contributed by atoms with E-state index in [1.165, 1.54) is 12.1 Å². The standard InChI is InChI=1S/C25H34O10/c26-13-21-22(31)23(32)24(33)25(35-21)34-20(3-1-2-14-4-8-16(27)9-5-14)18(29)11-7-15-6-10-17(28)19(30)12-15/h4-6,8-10,12,18,20-33H,1-3,7,11,13H2/t18?,20?,21-,22-,23+,24-,25-/m1/s1. The van der Waals surface area contributed by atoms with E-state index in [1.807, 2.05) is 0 Å². The van der Waals surface area contributed by atoms with Gasteiger partial charge >= 0.3 is 0 Å². The van der Waals surface area contributed by atoms with Gasteiger partial charge in [-0.05, 0) is 67.5 Å².